The Balaban J connectivity index is 1.35. The third-order valence-corrected chi connectivity index (χ3v) is 7.92. The van der Waals surface area contributed by atoms with Gasteiger partial charge in [-0.2, -0.15) is 18.3 Å². The second-order valence-corrected chi connectivity index (χ2v) is 10.5. The summed E-state index contributed by atoms with van der Waals surface area (Å²) in [5.74, 6) is -0.102. The molecule has 2 N–H and O–H groups in total. The third kappa shape index (κ3) is 5.27. The Labute approximate surface area is 215 Å². The number of rotatable bonds is 5. The van der Waals surface area contributed by atoms with Gasteiger partial charge >= 0.3 is 6.18 Å². The molecule has 2 aliphatic heterocycles. The van der Waals surface area contributed by atoms with Crippen molar-refractivity contribution in [3.63, 3.8) is 0 Å². The molecule has 2 aliphatic rings. The summed E-state index contributed by atoms with van der Waals surface area (Å²) in [7, 11) is 0. The lowest BCUT2D eigenvalue weighted by Crippen LogP contribution is -2.55. The lowest BCUT2D eigenvalue weighted by atomic mass is 10.1. The van der Waals surface area contributed by atoms with Crippen LogP contribution in [0.5, 0.6) is 0 Å². The van der Waals surface area contributed by atoms with Crippen LogP contribution in [0.25, 0.3) is 17.0 Å². The van der Waals surface area contributed by atoms with Crippen molar-refractivity contribution in [3.8, 4) is 0 Å². The number of amides is 1. The normalized spacial score (nSPS) is 22.5. The van der Waals surface area contributed by atoms with E-state index in [0.717, 1.165) is 43.1 Å². The molecule has 6 nitrogen and oxygen atoms in total. The highest BCUT2D eigenvalue weighted by Gasteiger charge is 2.35. The van der Waals surface area contributed by atoms with Crippen molar-refractivity contribution in [2.45, 2.75) is 37.6 Å². The lowest BCUT2D eigenvalue weighted by Gasteiger charge is -2.36. The van der Waals surface area contributed by atoms with Gasteiger partial charge in [-0.05, 0) is 47.9 Å². The maximum Gasteiger partial charge on any atom is 0.416 e. The average Bonchev–Trinajstić information content (AvgIpc) is 3.42. The van der Waals surface area contributed by atoms with Crippen LogP contribution in [-0.4, -0.2) is 51.8 Å². The lowest BCUT2D eigenvalue weighted by molar-refractivity contribution is -0.138. The number of carbonyl (C=O) groups is 1. The first-order chi connectivity index (χ1) is 17.2. The number of halogens is 4. The molecule has 5 rings (SSSR count). The molecule has 0 bridgehead atoms. The van der Waals surface area contributed by atoms with Gasteiger partial charge < -0.3 is 10.6 Å². The van der Waals surface area contributed by atoms with E-state index in [1.807, 2.05) is 24.3 Å². The first kappa shape index (κ1) is 25.1. The van der Waals surface area contributed by atoms with Gasteiger partial charge in [0, 0.05) is 36.1 Å². The van der Waals surface area contributed by atoms with Gasteiger partial charge in [0.1, 0.15) is 5.50 Å². The number of thioether (sulfide) groups is 1. The summed E-state index contributed by atoms with van der Waals surface area (Å²) < 4.78 is 42.0. The first-order valence-corrected chi connectivity index (χ1v) is 12.9. The fourth-order valence-electron chi connectivity index (χ4n) is 4.57. The average molecular weight is 536 g/mol. The molecule has 2 saturated heterocycles. The highest BCUT2D eigenvalue weighted by atomic mass is 35.5. The number of alkyl halides is 3. The summed E-state index contributed by atoms with van der Waals surface area (Å²) in [5, 5.41) is 11.7. The summed E-state index contributed by atoms with van der Waals surface area (Å²) >= 11 is 7.31. The summed E-state index contributed by atoms with van der Waals surface area (Å²) in [6, 6.07) is 9.73. The number of carbonyl (C=O) groups excluding carboxylic acids is 1. The molecule has 2 unspecified atom stereocenters. The van der Waals surface area contributed by atoms with Gasteiger partial charge in [0.05, 0.1) is 28.7 Å². The van der Waals surface area contributed by atoms with Crippen molar-refractivity contribution < 1.29 is 18.0 Å². The number of hydrogen-bond acceptors (Lipinski definition) is 5. The fourth-order valence-corrected chi connectivity index (χ4v) is 5.86. The molecule has 190 valence electrons. The van der Waals surface area contributed by atoms with Crippen LogP contribution in [-0.2, 0) is 17.5 Å². The van der Waals surface area contributed by atoms with Crippen LogP contribution in [0, 0.1) is 0 Å². The van der Waals surface area contributed by atoms with E-state index >= 15 is 0 Å². The maximum absolute atomic E-state index is 13.5. The summed E-state index contributed by atoms with van der Waals surface area (Å²) in [6.45, 7) is 4.76. The van der Waals surface area contributed by atoms with Crippen LogP contribution in [0.4, 0.5) is 13.2 Å². The Hall–Kier alpha value is -2.53. The molecular weight excluding hydrogens is 511 g/mol. The summed E-state index contributed by atoms with van der Waals surface area (Å²) in [5.41, 5.74) is 0.760. The number of benzene rings is 2. The van der Waals surface area contributed by atoms with Crippen LogP contribution in [0.1, 0.15) is 30.0 Å². The van der Waals surface area contributed by atoms with Gasteiger partial charge in [-0.3, -0.25) is 14.4 Å². The molecule has 0 aliphatic carbocycles. The highest BCUT2D eigenvalue weighted by Crippen LogP contribution is 2.35. The topological polar surface area (TPSA) is 62.2 Å². The van der Waals surface area contributed by atoms with Crippen molar-refractivity contribution >= 4 is 46.2 Å². The molecule has 36 heavy (non-hydrogen) atoms. The summed E-state index contributed by atoms with van der Waals surface area (Å²) in [4.78, 5) is 15.5. The SMILES string of the molecule is CCC1CN(C2NC(=O)C(=Cc3ccc4c(cnn4Cc4ccc(Cl)cc4C(F)(F)F)c3)S2)CCN1. The number of nitrogens with zero attached hydrogens (tertiary/aromatic N) is 3. The molecule has 1 amide bonds. The minimum absolute atomic E-state index is 0.0345. The Kier molecular flexibility index (Phi) is 7.04. The van der Waals surface area contributed by atoms with Crippen LogP contribution >= 0.6 is 23.4 Å². The van der Waals surface area contributed by atoms with Gasteiger partial charge in [0.25, 0.3) is 5.91 Å². The molecule has 2 aromatic carbocycles. The number of fused-ring (bicyclic) bond motifs is 1. The third-order valence-electron chi connectivity index (χ3n) is 6.49. The Morgan fingerprint density at radius 1 is 1.25 bits per heavy atom. The molecule has 1 aromatic heterocycles. The Morgan fingerprint density at radius 3 is 2.86 bits per heavy atom. The zero-order chi connectivity index (χ0) is 25.4. The summed E-state index contributed by atoms with van der Waals surface area (Å²) in [6.07, 6.45) is -0.0100. The van der Waals surface area contributed by atoms with Gasteiger partial charge in [-0.1, -0.05) is 42.4 Å². The van der Waals surface area contributed by atoms with Crippen LogP contribution in [0.2, 0.25) is 5.02 Å². The molecule has 11 heteroatoms. The number of hydrogen-bond donors (Lipinski definition) is 2. The smallest absolute Gasteiger partial charge is 0.327 e. The van der Waals surface area contributed by atoms with E-state index in [0.29, 0.717) is 16.5 Å². The Bertz CT molecular complexity index is 1320. The largest absolute Gasteiger partial charge is 0.416 e. The van der Waals surface area contributed by atoms with Crippen molar-refractivity contribution in [1.29, 1.82) is 0 Å². The van der Waals surface area contributed by atoms with Crippen LogP contribution in [0.15, 0.2) is 47.5 Å². The molecule has 0 spiro atoms. The van der Waals surface area contributed by atoms with Crippen molar-refractivity contribution in [2.24, 2.45) is 0 Å². The van der Waals surface area contributed by atoms with Crippen molar-refractivity contribution in [1.82, 2.24) is 25.3 Å². The predicted octanol–water partition coefficient (Wildman–Crippen LogP) is 4.93. The van der Waals surface area contributed by atoms with Gasteiger partial charge in [-0.15, -0.1) is 0 Å². The molecule has 0 radical (unpaired) electrons. The first-order valence-electron chi connectivity index (χ1n) is 11.7. The molecular formula is C25H25ClF3N5OS. The second-order valence-electron chi connectivity index (χ2n) is 8.93. The predicted molar refractivity (Wildman–Crippen MR) is 136 cm³/mol. The van der Waals surface area contributed by atoms with Crippen LogP contribution in [0.3, 0.4) is 0 Å². The number of piperazine rings is 1. The minimum atomic E-state index is -4.51. The van der Waals surface area contributed by atoms with Crippen molar-refractivity contribution in [3.05, 3.63) is 69.2 Å². The standard InChI is InChI=1S/C25H25ClF3N5OS/c1-2-19-14-33(8-7-30-19)24-32-23(35)22(36-24)10-15-3-6-21-17(9-15)12-31-34(21)13-16-4-5-18(26)11-20(16)25(27,28)29/h3-6,9-12,19,24,30H,2,7-8,13-14H2,1H3,(H,32,35). The Morgan fingerprint density at radius 2 is 2.08 bits per heavy atom. The number of nitrogens with one attached hydrogen (secondary N) is 2. The minimum Gasteiger partial charge on any atom is -0.327 e. The number of aromatic nitrogens is 2. The van der Waals surface area contributed by atoms with E-state index in [4.69, 9.17) is 11.6 Å². The fraction of sp³-hybridized carbons (Fsp3) is 0.360. The van der Waals surface area contributed by atoms with Crippen molar-refractivity contribution in [2.75, 3.05) is 19.6 Å². The van der Waals surface area contributed by atoms with E-state index in [-0.39, 0.29) is 28.5 Å². The van der Waals surface area contributed by atoms with E-state index in [9.17, 15) is 18.0 Å². The monoisotopic (exact) mass is 535 g/mol. The van der Waals surface area contributed by atoms with E-state index in [2.05, 4.69) is 27.6 Å². The quantitative estimate of drug-likeness (QED) is 0.454. The maximum atomic E-state index is 13.5. The van der Waals surface area contributed by atoms with Gasteiger partial charge in [0.15, 0.2) is 0 Å². The van der Waals surface area contributed by atoms with E-state index in [1.54, 1.807) is 6.20 Å². The second kappa shape index (κ2) is 10.1. The van der Waals surface area contributed by atoms with E-state index < -0.39 is 11.7 Å². The molecule has 3 aromatic rings. The van der Waals surface area contributed by atoms with E-state index in [1.165, 1.54) is 28.6 Å². The zero-order valence-corrected chi connectivity index (χ0v) is 21.1. The molecule has 2 fully saturated rings. The van der Waals surface area contributed by atoms with Gasteiger partial charge in [-0.25, -0.2) is 0 Å². The molecule has 2 atom stereocenters. The van der Waals surface area contributed by atoms with Crippen LogP contribution < -0.4 is 10.6 Å². The highest BCUT2D eigenvalue weighted by molar-refractivity contribution is 8.05. The molecule has 3 heterocycles. The molecule has 0 saturated carbocycles. The van der Waals surface area contributed by atoms with Gasteiger partial charge in [0.2, 0.25) is 0 Å². The zero-order valence-electron chi connectivity index (χ0n) is 19.5.